The fourth-order valence-corrected chi connectivity index (χ4v) is 2.63. The van der Waals surface area contributed by atoms with Crippen LogP contribution in [0, 0.1) is 19.8 Å². The van der Waals surface area contributed by atoms with Crippen LogP contribution in [-0.2, 0) is 6.42 Å². The maximum absolute atomic E-state index is 11.0. The van der Waals surface area contributed by atoms with Crippen LogP contribution in [0.5, 0.6) is 11.5 Å². The summed E-state index contributed by atoms with van der Waals surface area (Å²) in [4.78, 5) is 11.0. The number of phenols is 2. The minimum Gasteiger partial charge on any atom is -0.507 e. The monoisotopic (exact) mass is 311 g/mol. The number of carbonyl (C=O) groups is 1. The number of unbranched alkanes of at least 4 members (excludes halogenated alkanes) is 3. The van der Waals surface area contributed by atoms with Gasteiger partial charge in [0.2, 0.25) is 0 Å². The molecule has 0 heterocycles. The molecule has 0 aromatic heterocycles. The second-order valence-corrected chi connectivity index (χ2v) is 6.08. The first-order valence-corrected chi connectivity index (χ1v) is 7.79. The number of halogens is 1. The van der Waals surface area contributed by atoms with Crippen LogP contribution >= 0.6 is 11.6 Å². The lowest BCUT2D eigenvalue weighted by atomic mass is 9.97. The van der Waals surface area contributed by atoms with Crippen molar-refractivity contribution < 1.29 is 15.0 Å². The lowest BCUT2D eigenvalue weighted by molar-refractivity contribution is 0.112. The summed E-state index contributed by atoms with van der Waals surface area (Å²) in [6.45, 7) is 7.66. The smallest absolute Gasteiger partial charge is 0.154 e. The van der Waals surface area contributed by atoms with Gasteiger partial charge in [-0.2, -0.15) is 0 Å². The molecule has 1 rings (SSSR count). The fraction of sp³-hybridized carbons (Fsp3) is 0.529. The molecule has 0 spiro atoms. The summed E-state index contributed by atoms with van der Waals surface area (Å²) in [5.74, 6) is 0.226. The maximum atomic E-state index is 11.0. The molecule has 1 atom stereocenters. The first kappa shape index (κ1) is 17.8. The molecule has 1 aromatic carbocycles. The Bertz CT molecular complexity index is 496. The van der Waals surface area contributed by atoms with Gasteiger partial charge in [0, 0.05) is 5.56 Å². The highest BCUT2D eigenvalue weighted by Gasteiger charge is 2.19. The molecule has 0 aliphatic carbocycles. The molecule has 1 unspecified atom stereocenters. The summed E-state index contributed by atoms with van der Waals surface area (Å²) in [6, 6.07) is 0. The average Bonchev–Trinajstić information content (AvgIpc) is 2.43. The van der Waals surface area contributed by atoms with E-state index in [1.165, 1.54) is 0 Å². The van der Waals surface area contributed by atoms with Crippen molar-refractivity contribution in [3.63, 3.8) is 0 Å². The van der Waals surface area contributed by atoms with E-state index in [4.69, 9.17) is 11.6 Å². The molecule has 1 radical (unpaired) electrons. The average molecular weight is 312 g/mol. The van der Waals surface area contributed by atoms with E-state index in [0.29, 0.717) is 29.8 Å². The molecule has 21 heavy (non-hydrogen) atoms. The third-order valence-corrected chi connectivity index (χ3v) is 4.22. The summed E-state index contributed by atoms with van der Waals surface area (Å²) in [5.41, 5.74) is 0.951. The normalized spacial score (nSPS) is 11.1. The third-order valence-electron chi connectivity index (χ3n) is 3.76. The zero-order valence-electron chi connectivity index (χ0n) is 12.8. The number of carbonyl (C=O) groups excluding carboxylic acids is 1. The van der Waals surface area contributed by atoms with Crippen LogP contribution in [0.1, 0.15) is 60.5 Å². The summed E-state index contributed by atoms with van der Waals surface area (Å²) >= 11 is 6.01. The number of hydrogen-bond donors (Lipinski definition) is 2. The van der Waals surface area contributed by atoms with E-state index in [-0.39, 0.29) is 22.1 Å². The predicted octanol–water partition coefficient (Wildman–Crippen LogP) is 4.84. The topological polar surface area (TPSA) is 57.5 Å². The van der Waals surface area contributed by atoms with E-state index in [9.17, 15) is 15.0 Å². The van der Waals surface area contributed by atoms with Gasteiger partial charge in [-0.3, -0.25) is 4.79 Å². The van der Waals surface area contributed by atoms with Crippen molar-refractivity contribution in [1.82, 2.24) is 0 Å². The van der Waals surface area contributed by atoms with Crippen LogP contribution in [0.15, 0.2) is 0 Å². The summed E-state index contributed by atoms with van der Waals surface area (Å²) in [5, 5.41) is 20.3. The number of hydrogen-bond acceptors (Lipinski definition) is 3. The molecule has 117 valence electrons. The highest BCUT2D eigenvalue weighted by atomic mass is 35.5. The van der Waals surface area contributed by atoms with Crippen LogP contribution < -0.4 is 0 Å². The van der Waals surface area contributed by atoms with E-state index in [1.54, 1.807) is 6.92 Å². The van der Waals surface area contributed by atoms with Gasteiger partial charge in [-0.25, -0.2) is 0 Å². The summed E-state index contributed by atoms with van der Waals surface area (Å²) < 4.78 is 0. The van der Waals surface area contributed by atoms with E-state index >= 15 is 0 Å². The SMILES string of the molecule is [CH2]C(C)CCCCCCc1c(O)c(Cl)c(C)c(C=O)c1O. The zero-order chi connectivity index (χ0) is 16.0. The van der Waals surface area contributed by atoms with Crippen LogP contribution in [0.4, 0.5) is 0 Å². The highest BCUT2D eigenvalue weighted by molar-refractivity contribution is 6.33. The first-order chi connectivity index (χ1) is 9.90. The van der Waals surface area contributed by atoms with Crippen LogP contribution in [0.25, 0.3) is 0 Å². The Balaban J connectivity index is 2.67. The molecule has 3 nitrogen and oxygen atoms in total. The van der Waals surface area contributed by atoms with E-state index in [1.807, 2.05) is 0 Å². The van der Waals surface area contributed by atoms with Gasteiger partial charge in [-0.05, 0) is 31.2 Å². The van der Waals surface area contributed by atoms with Gasteiger partial charge in [0.05, 0.1) is 10.6 Å². The van der Waals surface area contributed by atoms with Gasteiger partial charge < -0.3 is 10.2 Å². The van der Waals surface area contributed by atoms with Gasteiger partial charge in [0.25, 0.3) is 0 Å². The van der Waals surface area contributed by atoms with Crippen molar-refractivity contribution in [2.24, 2.45) is 5.92 Å². The minimum absolute atomic E-state index is 0.108. The van der Waals surface area contributed by atoms with Crippen molar-refractivity contribution in [3.05, 3.63) is 28.6 Å². The molecular weight excluding hydrogens is 288 g/mol. The Kier molecular flexibility index (Phi) is 7.03. The molecule has 0 aliphatic rings. The van der Waals surface area contributed by atoms with Crippen molar-refractivity contribution >= 4 is 17.9 Å². The molecule has 0 saturated carbocycles. The van der Waals surface area contributed by atoms with Crippen LogP contribution in [-0.4, -0.2) is 16.5 Å². The molecule has 0 aliphatic heterocycles. The van der Waals surface area contributed by atoms with E-state index in [0.717, 1.165) is 32.1 Å². The highest BCUT2D eigenvalue weighted by Crippen LogP contribution is 2.40. The Morgan fingerprint density at radius 1 is 1.19 bits per heavy atom. The number of aromatic hydroxyl groups is 2. The second-order valence-electron chi connectivity index (χ2n) is 5.70. The van der Waals surface area contributed by atoms with Crippen molar-refractivity contribution in [2.75, 3.05) is 0 Å². The molecule has 1 aromatic rings. The Morgan fingerprint density at radius 2 is 1.81 bits per heavy atom. The van der Waals surface area contributed by atoms with E-state index in [2.05, 4.69) is 13.8 Å². The standard InChI is InChI=1S/C17H24ClO3/c1-11(2)8-6-4-5-7-9-13-16(20)14(10-19)12(3)15(18)17(13)21/h10-11,20-21H,1,4-9H2,2-3H3. The lowest BCUT2D eigenvalue weighted by Gasteiger charge is -2.14. The van der Waals surface area contributed by atoms with Gasteiger partial charge >= 0.3 is 0 Å². The molecule has 0 saturated heterocycles. The van der Waals surface area contributed by atoms with Gasteiger partial charge in [0.15, 0.2) is 6.29 Å². The maximum Gasteiger partial charge on any atom is 0.154 e. The lowest BCUT2D eigenvalue weighted by Crippen LogP contribution is -1.97. The fourth-order valence-electron chi connectivity index (χ4n) is 2.41. The molecule has 0 fully saturated rings. The van der Waals surface area contributed by atoms with Gasteiger partial charge in [-0.1, -0.05) is 51.1 Å². The number of phenolic OH excluding ortho intramolecular Hbond substituents is 2. The third kappa shape index (κ3) is 4.63. The zero-order valence-corrected chi connectivity index (χ0v) is 13.5. The molecule has 4 heteroatoms. The van der Waals surface area contributed by atoms with Gasteiger partial charge in [0.1, 0.15) is 11.5 Å². The molecule has 0 amide bonds. The van der Waals surface area contributed by atoms with E-state index < -0.39 is 0 Å². The quantitative estimate of drug-likeness (QED) is 0.533. The van der Waals surface area contributed by atoms with Crippen LogP contribution in [0.2, 0.25) is 5.02 Å². The Morgan fingerprint density at radius 3 is 2.38 bits per heavy atom. The molecule has 0 bridgehead atoms. The molecular formula is C17H24ClO3. The number of aldehydes is 1. The largest absolute Gasteiger partial charge is 0.507 e. The van der Waals surface area contributed by atoms with Crippen molar-refractivity contribution in [2.45, 2.75) is 52.4 Å². The Labute approximate surface area is 131 Å². The number of benzene rings is 1. The summed E-state index contributed by atoms with van der Waals surface area (Å²) in [7, 11) is 0. The van der Waals surface area contributed by atoms with Crippen molar-refractivity contribution in [3.8, 4) is 11.5 Å². The first-order valence-electron chi connectivity index (χ1n) is 7.41. The van der Waals surface area contributed by atoms with Crippen molar-refractivity contribution in [1.29, 1.82) is 0 Å². The predicted molar refractivity (Wildman–Crippen MR) is 86.2 cm³/mol. The summed E-state index contributed by atoms with van der Waals surface area (Å²) in [6.07, 6.45) is 6.28. The molecule has 2 N–H and O–H groups in total. The van der Waals surface area contributed by atoms with Crippen LogP contribution in [0.3, 0.4) is 0 Å². The van der Waals surface area contributed by atoms with Gasteiger partial charge in [-0.15, -0.1) is 0 Å². The minimum atomic E-state index is -0.143. The second kappa shape index (κ2) is 8.28. The Hall–Kier alpha value is -1.22. The number of rotatable bonds is 8.